The Kier molecular flexibility index (Phi) is 6.48. The lowest BCUT2D eigenvalue weighted by Gasteiger charge is -2.09. The Balaban J connectivity index is 1.93. The minimum absolute atomic E-state index is 0.101. The number of sulfonamides is 1. The highest BCUT2D eigenvalue weighted by Crippen LogP contribution is 2.12. The molecular weight excluding hydrogens is 356 g/mol. The van der Waals surface area contributed by atoms with Crippen LogP contribution in [0.3, 0.4) is 0 Å². The number of ether oxygens (including phenoxy) is 1. The van der Waals surface area contributed by atoms with Gasteiger partial charge in [-0.2, -0.15) is 0 Å². The Bertz CT molecular complexity index is 892. The zero-order valence-electron chi connectivity index (χ0n) is 14.5. The molecule has 1 amide bonds. The van der Waals surface area contributed by atoms with Gasteiger partial charge in [0.05, 0.1) is 23.6 Å². The van der Waals surface area contributed by atoms with Crippen LogP contribution in [0.25, 0.3) is 0 Å². The topological polar surface area (TPSA) is 102 Å². The molecule has 0 spiro atoms. The molecule has 2 aromatic carbocycles. The summed E-state index contributed by atoms with van der Waals surface area (Å²) in [5.41, 5.74) is 1.61. The molecule has 26 heavy (non-hydrogen) atoms. The third-order valence-corrected chi connectivity index (χ3v) is 4.80. The molecule has 0 aromatic heterocycles. The van der Waals surface area contributed by atoms with E-state index in [2.05, 4.69) is 10.0 Å². The molecule has 0 saturated heterocycles. The number of amides is 1. The predicted octanol–water partition coefficient (Wildman–Crippen LogP) is 2.09. The maximum atomic E-state index is 12.2. The first-order valence-electron chi connectivity index (χ1n) is 7.95. The number of anilines is 1. The van der Waals surface area contributed by atoms with E-state index in [0.29, 0.717) is 11.3 Å². The number of hydrogen-bond acceptors (Lipinski definition) is 5. The van der Waals surface area contributed by atoms with Crippen LogP contribution in [-0.4, -0.2) is 33.4 Å². The molecule has 138 valence electrons. The van der Waals surface area contributed by atoms with Crippen molar-refractivity contribution in [3.63, 3.8) is 0 Å². The zero-order chi connectivity index (χ0) is 19.2. The second-order valence-electron chi connectivity index (χ2n) is 5.49. The SMILES string of the molecule is CCOC(=O)c1ccc(NC(=O)CNS(=O)(=O)c2cccc(C)c2)cc1. The standard InChI is InChI=1S/C18H20N2O5S/c1-3-25-18(22)14-7-9-15(10-8-14)20-17(21)12-19-26(23,24)16-6-4-5-13(2)11-16/h4-11,19H,3,12H2,1-2H3,(H,20,21). The van der Waals surface area contributed by atoms with E-state index in [1.165, 1.54) is 24.3 Å². The fourth-order valence-corrected chi connectivity index (χ4v) is 3.22. The van der Waals surface area contributed by atoms with Crippen LogP contribution in [0.2, 0.25) is 0 Å². The summed E-state index contributed by atoms with van der Waals surface area (Å²) >= 11 is 0. The third kappa shape index (κ3) is 5.40. The van der Waals surface area contributed by atoms with E-state index >= 15 is 0 Å². The van der Waals surface area contributed by atoms with Gasteiger partial charge in [-0.25, -0.2) is 17.9 Å². The summed E-state index contributed by atoms with van der Waals surface area (Å²) in [7, 11) is -3.77. The van der Waals surface area contributed by atoms with Crippen LogP contribution in [0, 0.1) is 6.92 Å². The summed E-state index contributed by atoms with van der Waals surface area (Å²) in [5, 5.41) is 2.56. The average molecular weight is 376 g/mol. The van der Waals surface area contributed by atoms with E-state index in [1.807, 2.05) is 0 Å². The summed E-state index contributed by atoms with van der Waals surface area (Å²) in [5.74, 6) is -0.971. The lowest BCUT2D eigenvalue weighted by molar-refractivity contribution is -0.115. The Morgan fingerprint density at radius 1 is 1.08 bits per heavy atom. The quantitative estimate of drug-likeness (QED) is 0.721. The number of benzene rings is 2. The van der Waals surface area contributed by atoms with Crippen molar-refractivity contribution in [3.8, 4) is 0 Å². The van der Waals surface area contributed by atoms with Crippen molar-refractivity contribution < 1.29 is 22.7 Å². The Hall–Kier alpha value is -2.71. The van der Waals surface area contributed by atoms with Gasteiger partial charge < -0.3 is 10.1 Å². The molecule has 0 fully saturated rings. The first kappa shape index (κ1) is 19.6. The van der Waals surface area contributed by atoms with Gasteiger partial charge in [0, 0.05) is 5.69 Å². The molecule has 0 saturated carbocycles. The van der Waals surface area contributed by atoms with Gasteiger partial charge in [-0.15, -0.1) is 0 Å². The van der Waals surface area contributed by atoms with E-state index < -0.39 is 28.4 Å². The first-order valence-corrected chi connectivity index (χ1v) is 9.43. The lowest BCUT2D eigenvalue weighted by atomic mass is 10.2. The van der Waals surface area contributed by atoms with Crippen LogP contribution in [0.15, 0.2) is 53.4 Å². The van der Waals surface area contributed by atoms with Gasteiger partial charge in [0.2, 0.25) is 15.9 Å². The second kappa shape index (κ2) is 8.59. The molecule has 0 unspecified atom stereocenters. The van der Waals surface area contributed by atoms with E-state index in [0.717, 1.165) is 5.56 Å². The van der Waals surface area contributed by atoms with Gasteiger partial charge in [0.1, 0.15) is 0 Å². The minimum Gasteiger partial charge on any atom is -0.462 e. The van der Waals surface area contributed by atoms with Gasteiger partial charge in [-0.3, -0.25) is 4.79 Å². The summed E-state index contributed by atoms with van der Waals surface area (Å²) < 4.78 is 31.5. The zero-order valence-corrected chi connectivity index (χ0v) is 15.3. The van der Waals surface area contributed by atoms with Crippen LogP contribution < -0.4 is 10.0 Å². The van der Waals surface area contributed by atoms with E-state index in [4.69, 9.17) is 4.74 Å². The molecule has 8 heteroatoms. The molecule has 2 aromatic rings. The van der Waals surface area contributed by atoms with Gasteiger partial charge in [0.15, 0.2) is 0 Å². The van der Waals surface area contributed by atoms with Gasteiger partial charge in [-0.05, 0) is 55.8 Å². The summed E-state index contributed by atoms with van der Waals surface area (Å²) in [6.45, 7) is 3.37. The smallest absolute Gasteiger partial charge is 0.338 e. The fraction of sp³-hybridized carbons (Fsp3) is 0.222. The van der Waals surface area contributed by atoms with Crippen molar-refractivity contribution in [2.75, 3.05) is 18.5 Å². The first-order chi connectivity index (χ1) is 12.3. The molecule has 0 heterocycles. The molecule has 0 aliphatic carbocycles. The molecule has 0 bridgehead atoms. The molecule has 0 aliphatic rings. The number of hydrogen-bond donors (Lipinski definition) is 2. The highest BCUT2D eigenvalue weighted by atomic mass is 32.2. The Morgan fingerprint density at radius 2 is 1.77 bits per heavy atom. The normalized spacial score (nSPS) is 11.0. The van der Waals surface area contributed by atoms with Gasteiger partial charge in [-0.1, -0.05) is 12.1 Å². The largest absolute Gasteiger partial charge is 0.462 e. The maximum absolute atomic E-state index is 12.2. The van der Waals surface area contributed by atoms with Gasteiger partial charge >= 0.3 is 5.97 Å². The molecular formula is C18H20N2O5S. The van der Waals surface area contributed by atoms with Crippen molar-refractivity contribution in [2.24, 2.45) is 0 Å². The maximum Gasteiger partial charge on any atom is 0.338 e. The summed E-state index contributed by atoms with van der Waals surface area (Å²) in [6, 6.07) is 12.5. The third-order valence-electron chi connectivity index (χ3n) is 3.40. The average Bonchev–Trinajstić information content (AvgIpc) is 2.61. The van der Waals surface area contributed by atoms with E-state index in [9.17, 15) is 18.0 Å². The molecule has 0 aliphatic heterocycles. The van der Waals surface area contributed by atoms with Crippen molar-refractivity contribution in [1.82, 2.24) is 4.72 Å². The number of aryl methyl sites for hydroxylation is 1. The summed E-state index contributed by atoms with van der Waals surface area (Å²) in [4.78, 5) is 23.6. The van der Waals surface area contributed by atoms with E-state index in [-0.39, 0.29) is 11.5 Å². The van der Waals surface area contributed by atoms with Crippen molar-refractivity contribution >= 4 is 27.6 Å². The second-order valence-corrected chi connectivity index (χ2v) is 7.25. The number of rotatable bonds is 7. The predicted molar refractivity (Wildman–Crippen MR) is 97.4 cm³/mol. The molecule has 2 rings (SSSR count). The number of carbonyl (C=O) groups excluding carboxylic acids is 2. The van der Waals surface area contributed by atoms with Gasteiger partial charge in [0.25, 0.3) is 0 Å². The minimum atomic E-state index is -3.77. The molecule has 7 nitrogen and oxygen atoms in total. The molecule has 0 atom stereocenters. The van der Waals surface area contributed by atoms with Crippen LogP contribution in [0.1, 0.15) is 22.8 Å². The van der Waals surface area contributed by atoms with Crippen LogP contribution in [0.5, 0.6) is 0 Å². The molecule has 0 radical (unpaired) electrons. The lowest BCUT2D eigenvalue weighted by Crippen LogP contribution is -2.32. The number of carbonyl (C=O) groups is 2. The Morgan fingerprint density at radius 3 is 2.38 bits per heavy atom. The number of esters is 1. The van der Waals surface area contributed by atoms with E-state index in [1.54, 1.807) is 38.1 Å². The Labute approximate surface area is 152 Å². The van der Waals surface area contributed by atoms with Crippen molar-refractivity contribution in [1.29, 1.82) is 0 Å². The van der Waals surface area contributed by atoms with Crippen molar-refractivity contribution in [2.45, 2.75) is 18.7 Å². The van der Waals surface area contributed by atoms with Crippen LogP contribution in [-0.2, 0) is 19.6 Å². The number of nitrogens with one attached hydrogen (secondary N) is 2. The van der Waals surface area contributed by atoms with Crippen LogP contribution in [0.4, 0.5) is 5.69 Å². The fourth-order valence-electron chi connectivity index (χ4n) is 2.14. The summed E-state index contributed by atoms with van der Waals surface area (Å²) in [6.07, 6.45) is 0. The monoisotopic (exact) mass is 376 g/mol. The highest BCUT2D eigenvalue weighted by Gasteiger charge is 2.15. The highest BCUT2D eigenvalue weighted by molar-refractivity contribution is 7.89. The van der Waals surface area contributed by atoms with Crippen LogP contribution >= 0.6 is 0 Å². The molecule has 2 N–H and O–H groups in total. The van der Waals surface area contributed by atoms with Crippen molar-refractivity contribution in [3.05, 3.63) is 59.7 Å².